The lowest BCUT2D eigenvalue weighted by Gasteiger charge is -2.15. The van der Waals surface area contributed by atoms with Gasteiger partial charge in [-0.3, -0.25) is 10.1 Å². The number of hydrogen-bond donors (Lipinski definition) is 2. The Kier molecular flexibility index (Phi) is 5.55. The molecule has 0 atom stereocenters. The highest BCUT2D eigenvalue weighted by atomic mass is 35.5. The fraction of sp³-hybridized carbons (Fsp3) is 0.111. The first kappa shape index (κ1) is 20.3. The van der Waals surface area contributed by atoms with Crippen LogP contribution in [0.1, 0.15) is 11.1 Å². The van der Waals surface area contributed by atoms with Crippen molar-refractivity contribution < 1.29 is 18.1 Å². The Hall–Kier alpha value is -3.40. The van der Waals surface area contributed by atoms with E-state index in [9.17, 15) is 23.3 Å². The first-order valence-electron chi connectivity index (χ1n) is 8.12. The number of anilines is 4. The van der Waals surface area contributed by atoms with Gasteiger partial charge >= 0.3 is 11.9 Å². The van der Waals surface area contributed by atoms with E-state index in [-0.39, 0.29) is 17.3 Å². The second kappa shape index (κ2) is 7.92. The van der Waals surface area contributed by atoms with Gasteiger partial charge in [0, 0.05) is 10.7 Å². The molecule has 29 heavy (non-hydrogen) atoms. The molecule has 3 aromatic rings. The van der Waals surface area contributed by atoms with Gasteiger partial charge in [0.15, 0.2) is 0 Å². The van der Waals surface area contributed by atoms with Gasteiger partial charge < -0.3 is 10.6 Å². The highest BCUT2D eigenvalue weighted by Crippen LogP contribution is 2.38. The van der Waals surface area contributed by atoms with Crippen molar-refractivity contribution in [3.05, 3.63) is 75.1 Å². The summed E-state index contributed by atoms with van der Waals surface area (Å²) in [6, 6.07) is 9.46. The van der Waals surface area contributed by atoms with Crippen LogP contribution in [0.25, 0.3) is 0 Å². The third-order valence-electron chi connectivity index (χ3n) is 3.93. The summed E-state index contributed by atoms with van der Waals surface area (Å²) in [6.07, 6.45) is -3.63. The van der Waals surface area contributed by atoms with Crippen molar-refractivity contribution in [3.8, 4) is 0 Å². The minimum Gasteiger partial charge on any atom is -0.334 e. The number of para-hydroxylation sites is 1. The topological polar surface area (TPSA) is 93.0 Å². The van der Waals surface area contributed by atoms with Crippen LogP contribution in [0, 0.1) is 17.0 Å². The lowest BCUT2D eigenvalue weighted by molar-refractivity contribution is -0.383. The standard InChI is InChI=1S/C18H13ClF3N5O2/c1-10-8-11(19)6-7-13(10)25-16-15(27(28)29)17(24-9-23-16)26-14-5-3-2-4-12(14)18(20,21)22/h2-9H,1H3,(H2,23,24,25,26). The SMILES string of the molecule is Cc1cc(Cl)ccc1Nc1ncnc(Nc2ccccc2C(F)(F)F)c1[N+](=O)[O-]. The Morgan fingerprint density at radius 1 is 1.03 bits per heavy atom. The fourth-order valence-corrected chi connectivity index (χ4v) is 2.82. The first-order valence-corrected chi connectivity index (χ1v) is 8.50. The van der Waals surface area contributed by atoms with Crippen LogP contribution >= 0.6 is 11.6 Å². The average Bonchev–Trinajstić information content (AvgIpc) is 2.63. The Morgan fingerprint density at radius 3 is 2.24 bits per heavy atom. The van der Waals surface area contributed by atoms with Gasteiger partial charge in [0.25, 0.3) is 0 Å². The lowest BCUT2D eigenvalue weighted by Crippen LogP contribution is -2.11. The highest BCUT2D eigenvalue weighted by molar-refractivity contribution is 6.30. The zero-order valence-electron chi connectivity index (χ0n) is 14.8. The maximum atomic E-state index is 13.2. The number of nitro groups is 1. The summed E-state index contributed by atoms with van der Waals surface area (Å²) in [5.41, 5.74) is -0.745. The lowest BCUT2D eigenvalue weighted by atomic mass is 10.1. The molecule has 0 spiro atoms. The van der Waals surface area contributed by atoms with Crippen molar-refractivity contribution >= 4 is 40.3 Å². The minimum absolute atomic E-state index is 0.178. The van der Waals surface area contributed by atoms with E-state index in [2.05, 4.69) is 20.6 Å². The Morgan fingerprint density at radius 2 is 1.66 bits per heavy atom. The van der Waals surface area contributed by atoms with Crippen LogP contribution in [-0.4, -0.2) is 14.9 Å². The summed E-state index contributed by atoms with van der Waals surface area (Å²) in [7, 11) is 0. The van der Waals surface area contributed by atoms with Gasteiger partial charge in [-0.25, -0.2) is 9.97 Å². The van der Waals surface area contributed by atoms with Crippen molar-refractivity contribution in [2.24, 2.45) is 0 Å². The van der Waals surface area contributed by atoms with Gasteiger partial charge in [0.05, 0.1) is 16.2 Å². The van der Waals surface area contributed by atoms with Crippen LogP contribution in [-0.2, 0) is 6.18 Å². The van der Waals surface area contributed by atoms with E-state index in [1.54, 1.807) is 25.1 Å². The molecular weight excluding hydrogens is 411 g/mol. The van der Waals surface area contributed by atoms with Crippen LogP contribution < -0.4 is 10.6 Å². The molecule has 0 amide bonds. The van der Waals surface area contributed by atoms with Crippen molar-refractivity contribution in [3.63, 3.8) is 0 Å². The molecule has 0 saturated heterocycles. The normalized spacial score (nSPS) is 11.2. The maximum absolute atomic E-state index is 13.2. The smallest absolute Gasteiger partial charge is 0.334 e. The number of aryl methyl sites for hydroxylation is 1. The summed E-state index contributed by atoms with van der Waals surface area (Å²) < 4.78 is 39.7. The van der Waals surface area contributed by atoms with Crippen LogP contribution in [0.3, 0.4) is 0 Å². The van der Waals surface area contributed by atoms with Crippen LogP contribution in [0.5, 0.6) is 0 Å². The van der Waals surface area contributed by atoms with Gasteiger partial charge in [-0.15, -0.1) is 0 Å². The molecule has 0 fully saturated rings. The molecule has 0 saturated carbocycles. The van der Waals surface area contributed by atoms with E-state index in [4.69, 9.17) is 11.6 Å². The third kappa shape index (κ3) is 4.54. The number of aromatic nitrogens is 2. The van der Waals surface area contributed by atoms with Crippen LogP contribution in [0.4, 0.5) is 41.9 Å². The number of alkyl halides is 3. The number of hydrogen-bond acceptors (Lipinski definition) is 6. The summed E-state index contributed by atoms with van der Waals surface area (Å²) in [6.45, 7) is 1.74. The summed E-state index contributed by atoms with van der Waals surface area (Å²) >= 11 is 5.91. The summed E-state index contributed by atoms with van der Waals surface area (Å²) in [4.78, 5) is 18.5. The molecule has 150 valence electrons. The number of nitrogens with one attached hydrogen (secondary N) is 2. The number of nitrogens with zero attached hydrogens (tertiary/aromatic N) is 3. The van der Waals surface area contributed by atoms with E-state index in [1.807, 2.05) is 0 Å². The minimum atomic E-state index is -4.65. The van der Waals surface area contributed by atoms with Crippen molar-refractivity contribution in [1.82, 2.24) is 9.97 Å². The molecule has 0 aliphatic carbocycles. The molecule has 1 heterocycles. The first-order chi connectivity index (χ1) is 13.7. The number of halogens is 4. The van der Waals surface area contributed by atoms with Gasteiger partial charge in [0.1, 0.15) is 6.33 Å². The van der Waals surface area contributed by atoms with E-state index < -0.39 is 22.4 Å². The van der Waals surface area contributed by atoms with Gasteiger partial charge in [-0.1, -0.05) is 23.7 Å². The molecule has 0 aliphatic heterocycles. The molecule has 7 nitrogen and oxygen atoms in total. The monoisotopic (exact) mass is 423 g/mol. The second-order valence-corrected chi connectivity index (χ2v) is 6.37. The van der Waals surface area contributed by atoms with E-state index in [0.29, 0.717) is 16.3 Å². The molecule has 3 rings (SSSR count). The van der Waals surface area contributed by atoms with Crippen LogP contribution in [0.2, 0.25) is 5.02 Å². The molecule has 11 heteroatoms. The van der Waals surface area contributed by atoms with Gasteiger partial charge in [-0.05, 0) is 42.8 Å². The predicted molar refractivity (Wildman–Crippen MR) is 103 cm³/mol. The third-order valence-corrected chi connectivity index (χ3v) is 4.17. The molecule has 2 aromatic carbocycles. The summed E-state index contributed by atoms with van der Waals surface area (Å²) in [5, 5.41) is 17.3. The summed E-state index contributed by atoms with van der Waals surface area (Å²) in [5.74, 6) is -0.557. The largest absolute Gasteiger partial charge is 0.418 e. The number of benzene rings is 2. The highest BCUT2D eigenvalue weighted by Gasteiger charge is 2.34. The second-order valence-electron chi connectivity index (χ2n) is 5.93. The average molecular weight is 424 g/mol. The fourth-order valence-electron chi connectivity index (χ4n) is 2.60. The molecule has 0 bridgehead atoms. The van der Waals surface area contributed by atoms with E-state index in [0.717, 1.165) is 18.5 Å². The number of rotatable bonds is 5. The van der Waals surface area contributed by atoms with Crippen molar-refractivity contribution in [2.75, 3.05) is 10.6 Å². The molecule has 1 aromatic heterocycles. The zero-order valence-corrected chi connectivity index (χ0v) is 15.5. The maximum Gasteiger partial charge on any atom is 0.418 e. The molecule has 0 radical (unpaired) electrons. The van der Waals surface area contributed by atoms with E-state index >= 15 is 0 Å². The zero-order chi connectivity index (χ0) is 21.2. The van der Waals surface area contributed by atoms with Gasteiger partial charge in [-0.2, -0.15) is 13.2 Å². The molecule has 2 N–H and O–H groups in total. The Labute approximate surface area is 167 Å². The quantitative estimate of drug-likeness (QED) is 0.395. The Bertz CT molecular complexity index is 1080. The van der Waals surface area contributed by atoms with Gasteiger partial charge in [0.2, 0.25) is 11.6 Å². The Balaban J connectivity index is 2.04. The van der Waals surface area contributed by atoms with E-state index in [1.165, 1.54) is 12.1 Å². The molecule has 0 unspecified atom stereocenters. The van der Waals surface area contributed by atoms with Crippen molar-refractivity contribution in [2.45, 2.75) is 13.1 Å². The van der Waals surface area contributed by atoms with Crippen molar-refractivity contribution in [1.29, 1.82) is 0 Å². The van der Waals surface area contributed by atoms with Crippen LogP contribution in [0.15, 0.2) is 48.8 Å². The molecular formula is C18H13ClF3N5O2. The molecule has 0 aliphatic rings. The predicted octanol–water partition coefficient (Wildman–Crippen LogP) is 5.85.